The van der Waals surface area contributed by atoms with Gasteiger partial charge in [-0.05, 0) is 41.4 Å². The van der Waals surface area contributed by atoms with Crippen LogP contribution in [-0.2, 0) is 4.79 Å². The zero-order valence-corrected chi connectivity index (χ0v) is 12.8. The van der Waals surface area contributed by atoms with Crippen molar-refractivity contribution in [3.05, 3.63) is 51.6 Å². The lowest BCUT2D eigenvalue weighted by Gasteiger charge is -1.89. The first-order valence-corrected chi connectivity index (χ1v) is 8.16. The van der Waals surface area contributed by atoms with Gasteiger partial charge in [-0.2, -0.15) is 9.98 Å². The minimum absolute atomic E-state index is 0.159. The Kier molecular flexibility index (Phi) is 3.28. The Labute approximate surface area is 133 Å². The van der Waals surface area contributed by atoms with Crippen LogP contribution in [0.2, 0.25) is 0 Å². The Morgan fingerprint density at radius 2 is 2.14 bits per heavy atom. The highest BCUT2D eigenvalue weighted by atomic mass is 32.2. The molecular formula is C15H9N3O2S2. The monoisotopic (exact) mass is 327 g/mol. The third kappa shape index (κ3) is 2.56. The van der Waals surface area contributed by atoms with Crippen LogP contribution in [0, 0.1) is 0 Å². The summed E-state index contributed by atoms with van der Waals surface area (Å²) in [5.74, 6) is -0.159. The summed E-state index contributed by atoms with van der Waals surface area (Å²) < 4.78 is 5.53. The summed E-state index contributed by atoms with van der Waals surface area (Å²) in [4.78, 5) is 22.1. The predicted molar refractivity (Wildman–Crippen MR) is 89.1 cm³/mol. The van der Waals surface area contributed by atoms with Gasteiger partial charge >= 0.3 is 6.01 Å². The Morgan fingerprint density at radius 1 is 1.23 bits per heavy atom. The summed E-state index contributed by atoms with van der Waals surface area (Å²) in [6.07, 6.45) is 1.85. The summed E-state index contributed by atoms with van der Waals surface area (Å²) in [5.41, 5.74) is 1.41. The van der Waals surface area contributed by atoms with Crippen molar-refractivity contribution >= 4 is 57.4 Å². The molecule has 1 fully saturated rings. The first kappa shape index (κ1) is 13.3. The molecule has 7 heteroatoms. The quantitative estimate of drug-likeness (QED) is 0.727. The van der Waals surface area contributed by atoms with Gasteiger partial charge in [-0.15, -0.1) is 11.3 Å². The summed E-state index contributed by atoms with van der Waals surface area (Å²) in [6.45, 7) is 0. The fraction of sp³-hybridized carbons (Fsp3) is 0. The number of hydrogen-bond donors (Lipinski definition) is 1. The standard InChI is InChI=1S/C15H9N3O2S2/c19-13-12(8-9-4-3-7-21-9)22-15(17-13)18-14-16-10-5-1-2-6-11(10)20-14/h1-8H,(H,16,17,18,19)/b12-8-. The first-order chi connectivity index (χ1) is 10.8. The number of nitrogens with zero attached hydrogens (tertiary/aromatic N) is 2. The maximum atomic E-state index is 11.9. The van der Waals surface area contributed by atoms with Crippen LogP contribution in [0.4, 0.5) is 6.01 Å². The topological polar surface area (TPSA) is 67.5 Å². The SMILES string of the molecule is O=C1N/C(=N\c2nc3ccccc3o2)S/C1=C\c1cccs1. The van der Waals surface area contributed by atoms with Crippen molar-refractivity contribution in [2.24, 2.45) is 4.99 Å². The summed E-state index contributed by atoms with van der Waals surface area (Å²) >= 11 is 2.86. The molecule has 2 aromatic heterocycles. The van der Waals surface area contributed by atoms with E-state index < -0.39 is 0 Å². The number of oxazole rings is 1. The number of benzene rings is 1. The third-order valence-electron chi connectivity index (χ3n) is 2.95. The Bertz CT molecular complexity index is 877. The molecule has 1 amide bonds. The van der Waals surface area contributed by atoms with E-state index in [1.54, 1.807) is 11.3 Å². The van der Waals surface area contributed by atoms with E-state index in [9.17, 15) is 4.79 Å². The fourth-order valence-corrected chi connectivity index (χ4v) is 3.52. The van der Waals surface area contributed by atoms with Gasteiger partial charge in [-0.1, -0.05) is 18.2 Å². The minimum atomic E-state index is -0.159. The summed E-state index contributed by atoms with van der Waals surface area (Å²) in [7, 11) is 0. The fourth-order valence-electron chi connectivity index (χ4n) is 1.98. The normalized spacial score (nSPS) is 18.5. The van der Waals surface area contributed by atoms with Gasteiger partial charge in [0.1, 0.15) is 5.52 Å². The van der Waals surface area contributed by atoms with Crippen molar-refractivity contribution in [3.8, 4) is 0 Å². The van der Waals surface area contributed by atoms with Crippen molar-refractivity contribution in [3.63, 3.8) is 0 Å². The smallest absolute Gasteiger partial charge is 0.325 e. The molecule has 0 saturated carbocycles. The number of rotatable bonds is 2. The Balaban J connectivity index is 1.62. The highest BCUT2D eigenvalue weighted by molar-refractivity contribution is 8.18. The van der Waals surface area contributed by atoms with Gasteiger partial charge in [0.15, 0.2) is 10.8 Å². The van der Waals surface area contributed by atoms with Gasteiger partial charge in [-0.3, -0.25) is 4.79 Å². The van der Waals surface area contributed by atoms with Gasteiger partial charge in [-0.25, -0.2) is 0 Å². The number of amides is 1. The second kappa shape index (κ2) is 5.43. The van der Waals surface area contributed by atoms with Crippen LogP contribution in [-0.4, -0.2) is 16.1 Å². The molecule has 0 bridgehead atoms. The molecule has 1 aliphatic rings. The number of amidine groups is 1. The van der Waals surface area contributed by atoms with Gasteiger partial charge in [0.25, 0.3) is 5.91 Å². The van der Waals surface area contributed by atoms with E-state index >= 15 is 0 Å². The third-order valence-corrected chi connectivity index (χ3v) is 4.68. The molecular weight excluding hydrogens is 318 g/mol. The van der Waals surface area contributed by atoms with E-state index in [1.165, 1.54) is 11.8 Å². The molecule has 1 aliphatic heterocycles. The number of carbonyl (C=O) groups is 1. The van der Waals surface area contributed by atoms with Gasteiger partial charge < -0.3 is 9.73 Å². The average molecular weight is 327 g/mol. The molecule has 0 radical (unpaired) electrons. The lowest BCUT2D eigenvalue weighted by atomic mass is 10.3. The number of aliphatic imine (C=N–C) groups is 1. The maximum Gasteiger partial charge on any atom is 0.325 e. The van der Waals surface area contributed by atoms with E-state index in [0.29, 0.717) is 15.7 Å². The molecule has 3 aromatic rings. The summed E-state index contributed by atoms with van der Waals surface area (Å²) in [6, 6.07) is 11.6. The van der Waals surface area contributed by atoms with Crippen LogP contribution in [0.5, 0.6) is 0 Å². The molecule has 0 aliphatic carbocycles. The zero-order chi connectivity index (χ0) is 14.9. The number of aromatic nitrogens is 1. The lowest BCUT2D eigenvalue weighted by Crippen LogP contribution is -2.19. The van der Waals surface area contributed by atoms with Crippen LogP contribution in [0.1, 0.15) is 4.88 Å². The zero-order valence-electron chi connectivity index (χ0n) is 11.1. The molecule has 108 valence electrons. The second-order valence-electron chi connectivity index (χ2n) is 4.46. The first-order valence-electron chi connectivity index (χ1n) is 6.46. The molecule has 0 atom stereocenters. The van der Waals surface area contributed by atoms with E-state index in [0.717, 1.165) is 10.4 Å². The maximum absolute atomic E-state index is 11.9. The Morgan fingerprint density at radius 3 is 2.95 bits per heavy atom. The Hall–Kier alpha value is -2.38. The minimum Gasteiger partial charge on any atom is -0.422 e. The molecule has 1 N–H and O–H groups in total. The molecule has 1 aromatic carbocycles. The molecule has 22 heavy (non-hydrogen) atoms. The van der Waals surface area contributed by atoms with E-state index in [4.69, 9.17) is 4.42 Å². The van der Waals surface area contributed by atoms with Crippen molar-refractivity contribution in [2.75, 3.05) is 0 Å². The van der Waals surface area contributed by atoms with Crippen molar-refractivity contribution < 1.29 is 9.21 Å². The number of hydrogen-bond acceptors (Lipinski definition) is 6. The van der Waals surface area contributed by atoms with Crippen LogP contribution < -0.4 is 5.32 Å². The second-order valence-corrected chi connectivity index (χ2v) is 6.47. The van der Waals surface area contributed by atoms with Crippen molar-refractivity contribution in [2.45, 2.75) is 0 Å². The number of thiophene rings is 1. The van der Waals surface area contributed by atoms with Gasteiger partial charge in [0, 0.05) is 4.88 Å². The van der Waals surface area contributed by atoms with E-state index in [1.807, 2.05) is 47.9 Å². The highest BCUT2D eigenvalue weighted by Gasteiger charge is 2.24. The van der Waals surface area contributed by atoms with Crippen molar-refractivity contribution in [1.82, 2.24) is 10.3 Å². The molecule has 4 rings (SSSR count). The number of carbonyl (C=O) groups excluding carboxylic acids is 1. The number of para-hydroxylation sites is 2. The molecule has 1 saturated heterocycles. The number of thioether (sulfide) groups is 1. The highest BCUT2D eigenvalue weighted by Crippen LogP contribution is 2.29. The summed E-state index contributed by atoms with van der Waals surface area (Å²) in [5, 5.41) is 5.16. The van der Waals surface area contributed by atoms with Crippen LogP contribution in [0.25, 0.3) is 17.2 Å². The lowest BCUT2D eigenvalue weighted by molar-refractivity contribution is -0.115. The predicted octanol–water partition coefficient (Wildman–Crippen LogP) is 3.78. The van der Waals surface area contributed by atoms with Gasteiger partial charge in [0.05, 0.1) is 4.91 Å². The number of fused-ring (bicyclic) bond motifs is 1. The molecule has 5 nitrogen and oxygen atoms in total. The largest absolute Gasteiger partial charge is 0.422 e. The molecule has 0 spiro atoms. The van der Waals surface area contributed by atoms with E-state index in [2.05, 4.69) is 15.3 Å². The van der Waals surface area contributed by atoms with Crippen LogP contribution in [0.3, 0.4) is 0 Å². The molecule has 0 unspecified atom stereocenters. The van der Waals surface area contributed by atoms with Crippen LogP contribution >= 0.6 is 23.1 Å². The average Bonchev–Trinajstić information content (AvgIpc) is 3.20. The van der Waals surface area contributed by atoms with Crippen LogP contribution in [0.15, 0.2) is 56.1 Å². The van der Waals surface area contributed by atoms with Gasteiger partial charge in [0.2, 0.25) is 0 Å². The van der Waals surface area contributed by atoms with E-state index in [-0.39, 0.29) is 11.9 Å². The number of nitrogens with one attached hydrogen (secondary N) is 1. The molecule has 3 heterocycles. The van der Waals surface area contributed by atoms with Crippen molar-refractivity contribution in [1.29, 1.82) is 0 Å².